The molecule has 0 radical (unpaired) electrons. The number of hydrogen-bond acceptors (Lipinski definition) is 3. The number of amides is 2. The molecule has 1 aromatic carbocycles. The summed E-state index contributed by atoms with van der Waals surface area (Å²) in [4.78, 5) is 27.7. The van der Waals surface area contributed by atoms with Gasteiger partial charge in [0.1, 0.15) is 5.75 Å². The van der Waals surface area contributed by atoms with Crippen LogP contribution in [-0.2, 0) is 4.79 Å². The van der Waals surface area contributed by atoms with Gasteiger partial charge in [0, 0.05) is 38.7 Å². The Morgan fingerprint density at radius 3 is 2.41 bits per heavy atom. The zero-order valence-electron chi connectivity index (χ0n) is 13.2. The molecule has 120 valence electrons. The topological polar surface area (TPSA) is 49.9 Å². The highest BCUT2D eigenvalue weighted by atomic mass is 35.5. The maximum absolute atomic E-state index is 12.7. The van der Waals surface area contributed by atoms with Gasteiger partial charge in [-0.15, -0.1) is 0 Å². The van der Waals surface area contributed by atoms with E-state index >= 15 is 0 Å². The lowest BCUT2D eigenvalue weighted by atomic mass is 10.1. The zero-order valence-corrected chi connectivity index (χ0v) is 13.9. The summed E-state index contributed by atoms with van der Waals surface area (Å²) in [6.07, 6.45) is 0.786. The number of benzene rings is 1. The molecule has 0 unspecified atom stereocenters. The summed E-state index contributed by atoms with van der Waals surface area (Å²) >= 11 is 6.13. The minimum atomic E-state index is -0.0487. The predicted molar refractivity (Wildman–Crippen MR) is 85.5 cm³/mol. The van der Waals surface area contributed by atoms with E-state index in [2.05, 4.69) is 0 Å². The lowest BCUT2D eigenvalue weighted by Crippen LogP contribution is -2.36. The fourth-order valence-corrected chi connectivity index (χ4v) is 2.89. The summed E-state index contributed by atoms with van der Waals surface area (Å²) in [6, 6.07) is 3.43. The van der Waals surface area contributed by atoms with Gasteiger partial charge in [0.05, 0.1) is 12.1 Å². The van der Waals surface area contributed by atoms with E-state index in [-0.39, 0.29) is 11.8 Å². The van der Waals surface area contributed by atoms with Gasteiger partial charge in [0.25, 0.3) is 5.91 Å². The molecule has 5 nitrogen and oxygen atoms in total. The van der Waals surface area contributed by atoms with Gasteiger partial charge in [0.15, 0.2) is 0 Å². The SMILES string of the molecule is COc1cc(C)c(C(=O)N2CCCN(C(C)=O)CC2)cc1Cl. The van der Waals surface area contributed by atoms with E-state index in [1.54, 1.807) is 36.0 Å². The summed E-state index contributed by atoms with van der Waals surface area (Å²) < 4.78 is 5.17. The molecule has 1 aromatic rings. The highest BCUT2D eigenvalue weighted by molar-refractivity contribution is 6.32. The Morgan fingerprint density at radius 1 is 1.14 bits per heavy atom. The van der Waals surface area contributed by atoms with Gasteiger partial charge in [-0.1, -0.05) is 11.6 Å². The van der Waals surface area contributed by atoms with Gasteiger partial charge in [-0.25, -0.2) is 0 Å². The predicted octanol–water partition coefficient (Wildman–Crippen LogP) is 2.35. The molecule has 0 atom stereocenters. The monoisotopic (exact) mass is 324 g/mol. The highest BCUT2D eigenvalue weighted by Gasteiger charge is 2.23. The van der Waals surface area contributed by atoms with Crippen molar-refractivity contribution >= 4 is 23.4 Å². The van der Waals surface area contributed by atoms with Crippen molar-refractivity contribution in [2.75, 3.05) is 33.3 Å². The summed E-state index contributed by atoms with van der Waals surface area (Å²) in [6.45, 7) is 5.88. The van der Waals surface area contributed by atoms with Crippen LogP contribution in [0.4, 0.5) is 0 Å². The van der Waals surface area contributed by atoms with Crippen LogP contribution in [0.3, 0.4) is 0 Å². The van der Waals surface area contributed by atoms with E-state index in [4.69, 9.17) is 16.3 Å². The third kappa shape index (κ3) is 3.53. The van der Waals surface area contributed by atoms with Crippen molar-refractivity contribution in [1.82, 2.24) is 9.80 Å². The van der Waals surface area contributed by atoms with Gasteiger partial charge in [-0.3, -0.25) is 9.59 Å². The normalized spacial score (nSPS) is 15.5. The summed E-state index contributed by atoms with van der Waals surface area (Å²) in [7, 11) is 1.55. The van der Waals surface area contributed by atoms with Gasteiger partial charge < -0.3 is 14.5 Å². The van der Waals surface area contributed by atoms with Crippen LogP contribution in [0.15, 0.2) is 12.1 Å². The van der Waals surface area contributed by atoms with Crippen LogP contribution in [0.5, 0.6) is 5.75 Å². The number of carbonyl (C=O) groups excluding carboxylic acids is 2. The molecule has 2 rings (SSSR count). The maximum Gasteiger partial charge on any atom is 0.254 e. The molecule has 1 aliphatic heterocycles. The third-order valence-corrected chi connectivity index (χ3v) is 4.25. The Bertz CT molecular complexity index is 589. The zero-order chi connectivity index (χ0) is 16.3. The number of ether oxygens (including phenoxy) is 1. The van der Waals surface area contributed by atoms with Crippen molar-refractivity contribution in [3.63, 3.8) is 0 Å². The van der Waals surface area contributed by atoms with Crippen LogP contribution in [0.25, 0.3) is 0 Å². The average Bonchev–Trinajstić information content (AvgIpc) is 2.74. The molecule has 0 N–H and O–H groups in total. The molecule has 1 aliphatic rings. The number of halogens is 1. The first kappa shape index (κ1) is 16.6. The van der Waals surface area contributed by atoms with Crippen LogP contribution in [-0.4, -0.2) is 54.9 Å². The number of methoxy groups -OCH3 is 1. The second-order valence-electron chi connectivity index (χ2n) is 5.45. The van der Waals surface area contributed by atoms with Crippen molar-refractivity contribution < 1.29 is 14.3 Å². The molecule has 1 heterocycles. The second kappa shape index (κ2) is 7.01. The van der Waals surface area contributed by atoms with Crippen LogP contribution in [0.2, 0.25) is 5.02 Å². The fourth-order valence-electron chi connectivity index (χ4n) is 2.65. The first-order valence-electron chi connectivity index (χ1n) is 7.33. The molecule has 0 spiro atoms. The smallest absolute Gasteiger partial charge is 0.254 e. The van der Waals surface area contributed by atoms with Crippen molar-refractivity contribution in [2.45, 2.75) is 20.3 Å². The highest BCUT2D eigenvalue weighted by Crippen LogP contribution is 2.28. The molecule has 0 aliphatic carbocycles. The lowest BCUT2D eigenvalue weighted by Gasteiger charge is -2.22. The second-order valence-corrected chi connectivity index (χ2v) is 5.86. The van der Waals surface area contributed by atoms with Crippen molar-refractivity contribution in [1.29, 1.82) is 0 Å². The number of nitrogens with zero attached hydrogens (tertiary/aromatic N) is 2. The van der Waals surface area contributed by atoms with E-state index < -0.39 is 0 Å². The van der Waals surface area contributed by atoms with Gasteiger partial charge in [-0.2, -0.15) is 0 Å². The number of carbonyl (C=O) groups is 2. The average molecular weight is 325 g/mol. The molecule has 0 aromatic heterocycles. The number of rotatable bonds is 2. The van der Waals surface area contributed by atoms with E-state index in [1.807, 2.05) is 6.92 Å². The van der Waals surface area contributed by atoms with Crippen molar-refractivity contribution in [3.05, 3.63) is 28.3 Å². The Kier molecular flexibility index (Phi) is 5.29. The lowest BCUT2D eigenvalue weighted by molar-refractivity contribution is -0.128. The minimum Gasteiger partial charge on any atom is -0.495 e. The van der Waals surface area contributed by atoms with Crippen LogP contribution in [0, 0.1) is 6.92 Å². The summed E-state index contributed by atoms with van der Waals surface area (Å²) in [5.41, 5.74) is 1.42. The maximum atomic E-state index is 12.7. The van der Waals surface area contributed by atoms with E-state index in [0.717, 1.165) is 12.0 Å². The molecule has 1 saturated heterocycles. The van der Waals surface area contributed by atoms with Crippen molar-refractivity contribution in [2.24, 2.45) is 0 Å². The number of hydrogen-bond donors (Lipinski definition) is 0. The minimum absolute atomic E-state index is 0.0487. The Morgan fingerprint density at radius 2 is 1.77 bits per heavy atom. The Balaban J connectivity index is 2.18. The molecular weight excluding hydrogens is 304 g/mol. The van der Waals surface area contributed by atoms with E-state index in [9.17, 15) is 9.59 Å². The first-order chi connectivity index (χ1) is 10.4. The van der Waals surface area contributed by atoms with Crippen LogP contribution < -0.4 is 4.74 Å². The molecule has 2 amide bonds. The van der Waals surface area contributed by atoms with E-state index in [1.165, 1.54) is 0 Å². The molecular formula is C16H21ClN2O3. The first-order valence-corrected chi connectivity index (χ1v) is 7.70. The summed E-state index contributed by atoms with van der Waals surface area (Å²) in [5.74, 6) is 0.569. The third-order valence-electron chi connectivity index (χ3n) is 3.96. The Labute approximate surface area is 135 Å². The molecule has 6 heteroatoms. The molecule has 0 saturated carbocycles. The molecule has 1 fully saturated rings. The Hall–Kier alpha value is -1.75. The van der Waals surface area contributed by atoms with Gasteiger partial charge in [0.2, 0.25) is 5.91 Å². The molecule has 22 heavy (non-hydrogen) atoms. The standard InChI is InChI=1S/C16H21ClN2O3/c1-11-9-15(22-3)14(17)10-13(11)16(21)19-6-4-5-18(7-8-19)12(2)20/h9-10H,4-8H2,1-3H3. The van der Waals surface area contributed by atoms with Gasteiger partial charge in [-0.05, 0) is 31.0 Å². The van der Waals surface area contributed by atoms with Crippen molar-refractivity contribution in [3.8, 4) is 5.75 Å². The number of aryl methyl sites for hydroxylation is 1. The van der Waals surface area contributed by atoms with Crippen LogP contribution >= 0.6 is 11.6 Å². The quantitative estimate of drug-likeness (QED) is 0.839. The van der Waals surface area contributed by atoms with E-state index in [0.29, 0.717) is 42.5 Å². The largest absolute Gasteiger partial charge is 0.495 e. The van der Waals surface area contributed by atoms with Crippen LogP contribution in [0.1, 0.15) is 29.3 Å². The molecule has 0 bridgehead atoms. The van der Waals surface area contributed by atoms with Gasteiger partial charge >= 0.3 is 0 Å². The fraction of sp³-hybridized carbons (Fsp3) is 0.500. The summed E-state index contributed by atoms with van der Waals surface area (Å²) in [5, 5.41) is 0.427.